The molecule has 0 saturated carbocycles. The van der Waals surface area contributed by atoms with E-state index in [0.29, 0.717) is 0 Å². The van der Waals surface area contributed by atoms with E-state index in [1.165, 1.54) is 0 Å². The first-order valence-corrected chi connectivity index (χ1v) is 3.20. The SMILES string of the molecule is [Ba].[O-][I+2]([O-])O. The summed E-state index contributed by atoms with van der Waals surface area (Å²) >= 11 is -3.76. The van der Waals surface area contributed by atoms with Crippen molar-refractivity contribution in [3.05, 3.63) is 0 Å². The second kappa shape index (κ2) is 6.18. The van der Waals surface area contributed by atoms with E-state index in [1.807, 2.05) is 0 Å². The number of rotatable bonds is 0. The van der Waals surface area contributed by atoms with Crippen LogP contribution in [0.4, 0.5) is 0 Å². The minimum atomic E-state index is -3.76. The van der Waals surface area contributed by atoms with Gasteiger partial charge in [0.15, 0.2) is 0 Å². The van der Waals surface area contributed by atoms with Crippen LogP contribution >= 0.6 is 0 Å². The van der Waals surface area contributed by atoms with Crippen molar-refractivity contribution < 1.29 is 31.4 Å². The van der Waals surface area contributed by atoms with E-state index in [2.05, 4.69) is 0 Å². The Morgan fingerprint density at radius 2 is 1.40 bits per heavy atom. The zero-order valence-corrected chi connectivity index (χ0v) is 8.95. The molecular weight excluding hydrogens is 312 g/mol. The molecule has 0 unspecified atom stereocenters. The van der Waals surface area contributed by atoms with Gasteiger partial charge in [0.2, 0.25) is 0 Å². The van der Waals surface area contributed by atoms with Crippen LogP contribution in [0.2, 0.25) is 0 Å². The molecule has 1 N–H and O–H groups in total. The molecule has 0 aliphatic heterocycles. The summed E-state index contributed by atoms with van der Waals surface area (Å²) in [6.07, 6.45) is 0. The van der Waals surface area contributed by atoms with E-state index in [4.69, 9.17) is 10.3 Å². The van der Waals surface area contributed by atoms with Crippen LogP contribution in [-0.2, 0) is 0 Å². The first-order chi connectivity index (χ1) is 1.73. The average Bonchev–Trinajstić information content (AvgIpc) is 0.811. The molecule has 28 valence electrons. The van der Waals surface area contributed by atoms with Gasteiger partial charge in [0.25, 0.3) is 0 Å². The summed E-state index contributed by atoms with van der Waals surface area (Å²) in [5.41, 5.74) is 0. The molecule has 0 aromatic rings. The Morgan fingerprint density at radius 3 is 1.40 bits per heavy atom. The zero-order valence-electron chi connectivity index (χ0n) is 2.35. The van der Waals surface area contributed by atoms with Gasteiger partial charge in [-0.1, -0.05) is 0 Å². The molecule has 0 aliphatic rings. The monoisotopic (exact) mass is 314 g/mol. The molecule has 3 nitrogen and oxygen atoms in total. The van der Waals surface area contributed by atoms with Gasteiger partial charge in [-0.2, -0.15) is 0 Å². The minimum absolute atomic E-state index is 0. The van der Waals surface area contributed by atoms with Crippen molar-refractivity contribution in [1.29, 1.82) is 0 Å². The molecule has 0 heterocycles. The van der Waals surface area contributed by atoms with Crippen molar-refractivity contribution >= 4 is 48.9 Å². The first-order valence-electron chi connectivity index (χ1n) is 0.478. The van der Waals surface area contributed by atoms with Crippen molar-refractivity contribution in [3.8, 4) is 0 Å². The number of hydrogen-bond donors (Lipinski definition) is 1. The maximum absolute atomic E-state index is 8.68. The van der Waals surface area contributed by atoms with Gasteiger partial charge in [0.05, 0.1) is 0 Å². The van der Waals surface area contributed by atoms with Crippen molar-refractivity contribution in [2.45, 2.75) is 0 Å². The van der Waals surface area contributed by atoms with Crippen LogP contribution in [0.3, 0.4) is 0 Å². The van der Waals surface area contributed by atoms with Crippen molar-refractivity contribution in [2.75, 3.05) is 0 Å². The molecular formula is HBaIO3. The Balaban J connectivity index is 0. The van der Waals surface area contributed by atoms with Gasteiger partial charge in [-0.05, 0) is 3.44 Å². The molecule has 0 saturated heterocycles. The number of hydrogen-bond acceptors (Lipinski definition) is 3. The van der Waals surface area contributed by atoms with Crippen LogP contribution in [-0.4, -0.2) is 52.3 Å². The molecule has 0 bridgehead atoms. The second-order valence-corrected chi connectivity index (χ2v) is 1.35. The van der Waals surface area contributed by atoms with E-state index < -0.39 is 21.1 Å². The predicted molar refractivity (Wildman–Crippen MR) is 7.97 cm³/mol. The van der Waals surface area contributed by atoms with Gasteiger partial charge in [-0.3, -0.25) is 0 Å². The van der Waals surface area contributed by atoms with E-state index in [1.54, 1.807) is 0 Å². The maximum atomic E-state index is 8.68. The fourth-order valence-corrected chi connectivity index (χ4v) is 0. The van der Waals surface area contributed by atoms with Gasteiger partial charge < -0.3 is 6.87 Å². The zero-order chi connectivity index (χ0) is 3.58. The van der Waals surface area contributed by atoms with Crippen LogP contribution in [0.15, 0.2) is 0 Å². The Hall–Kier alpha value is 2.18. The van der Waals surface area contributed by atoms with Gasteiger partial charge >= 0.3 is 21.1 Å². The average molecular weight is 313 g/mol. The third-order valence-electron chi connectivity index (χ3n) is 0. The molecule has 0 aromatic heterocycles. The molecule has 0 aliphatic carbocycles. The fourth-order valence-electron chi connectivity index (χ4n) is 0. The summed E-state index contributed by atoms with van der Waals surface area (Å²) in [7, 11) is 0. The van der Waals surface area contributed by atoms with Gasteiger partial charge in [0, 0.05) is 48.9 Å². The topological polar surface area (TPSA) is 66.3 Å². The summed E-state index contributed by atoms with van der Waals surface area (Å²) in [5, 5.41) is 0. The normalized spacial score (nSPS) is 7.20. The Labute approximate surface area is 78.5 Å². The van der Waals surface area contributed by atoms with Crippen LogP contribution in [0, 0.1) is 0 Å². The van der Waals surface area contributed by atoms with E-state index in [0.717, 1.165) is 0 Å². The van der Waals surface area contributed by atoms with E-state index >= 15 is 0 Å². The molecule has 5 heteroatoms. The maximum Gasteiger partial charge on any atom is 0.503 e. The van der Waals surface area contributed by atoms with Crippen LogP contribution in [0.1, 0.15) is 0 Å². The Morgan fingerprint density at radius 1 is 1.40 bits per heavy atom. The largest absolute Gasteiger partial charge is 0.503 e. The molecule has 0 aromatic carbocycles. The third-order valence-corrected chi connectivity index (χ3v) is 0. The van der Waals surface area contributed by atoms with Crippen LogP contribution < -0.4 is 27.9 Å². The molecule has 0 rings (SSSR count). The summed E-state index contributed by atoms with van der Waals surface area (Å²) < 4.78 is 24.5. The van der Waals surface area contributed by atoms with E-state index in [-0.39, 0.29) is 48.9 Å². The minimum Gasteiger partial charge on any atom is -0.396 e. The van der Waals surface area contributed by atoms with Crippen molar-refractivity contribution in [2.24, 2.45) is 0 Å². The number of halogens is 1. The molecule has 5 heavy (non-hydrogen) atoms. The second-order valence-electron chi connectivity index (χ2n) is 0.201. The van der Waals surface area contributed by atoms with Crippen LogP contribution in [0.25, 0.3) is 0 Å². The predicted octanol–water partition coefficient (Wildman–Crippen LogP) is -6.31. The van der Waals surface area contributed by atoms with Crippen LogP contribution in [0.5, 0.6) is 0 Å². The van der Waals surface area contributed by atoms with Crippen molar-refractivity contribution in [1.82, 2.24) is 0 Å². The molecule has 0 spiro atoms. The smallest absolute Gasteiger partial charge is 0.396 e. The van der Waals surface area contributed by atoms with Gasteiger partial charge in [-0.25, -0.2) is 0 Å². The molecule has 0 atom stereocenters. The summed E-state index contributed by atoms with van der Waals surface area (Å²) in [4.78, 5) is 0. The Bertz CT molecular complexity index is 11.6. The molecule has 0 fully saturated rings. The van der Waals surface area contributed by atoms with Crippen molar-refractivity contribution in [3.63, 3.8) is 0 Å². The Kier molecular flexibility index (Phi) is 12.6. The van der Waals surface area contributed by atoms with Gasteiger partial charge in [-0.15, -0.1) is 0 Å². The fraction of sp³-hybridized carbons (Fsp3) is 0. The quantitative estimate of drug-likeness (QED) is 0.357. The summed E-state index contributed by atoms with van der Waals surface area (Å²) in [5.74, 6) is 0. The third kappa shape index (κ3) is 22.7. The standard InChI is InChI=1S/Ba.HIO3/c;2-1(3)4/h;2H. The first kappa shape index (κ1) is 10.2. The summed E-state index contributed by atoms with van der Waals surface area (Å²) in [6.45, 7) is 0. The van der Waals surface area contributed by atoms with E-state index in [9.17, 15) is 0 Å². The summed E-state index contributed by atoms with van der Waals surface area (Å²) in [6, 6.07) is 0. The molecule has 2 radical (unpaired) electrons. The molecule has 0 amide bonds. The van der Waals surface area contributed by atoms with Gasteiger partial charge in [0.1, 0.15) is 0 Å².